The van der Waals surface area contributed by atoms with Gasteiger partial charge in [-0.1, -0.05) is 18.2 Å². The van der Waals surface area contributed by atoms with Gasteiger partial charge in [0.15, 0.2) is 5.58 Å². The van der Waals surface area contributed by atoms with Crippen LogP contribution in [0.25, 0.3) is 44.4 Å². The highest BCUT2D eigenvalue weighted by Crippen LogP contribution is 2.43. The van der Waals surface area contributed by atoms with Crippen LogP contribution in [0, 0.1) is 10.2 Å². The summed E-state index contributed by atoms with van der Waals surface area (Å²) in [4.78, 5) is 29.0. The first kappa shape index (κ1) is 32.1. The molecule has 0 amide bonds. The van der Waals surface area contributed by atoms with Gasteiger partial charge >= 0.3 is 11.6 Å². The van der Waals surface area contributed by atoms with Crippen LogP contribution < -0.4 is 39.1 Å². The van der Waals surface area contributed by atoms with Gasteiger partial charge in [0, 0.05) is 42.5 Å². The number of anilines is 1. The highest BCUT2D eigenvalue weighted by atomic mass is 35.7. The molecule has 3 aromatic rings. The van der Waals surface area contributed by atoms with E-state index in [-0.39, 0.29) is 6.61 Å². The fraction of sp³-hybridized carbons (Fsp3) is 0.303. The SMILES string of the molecule is CCOC(=O)c1ccccc1-c1c2ccc(=[N+](CC)CC)cc-2oc2c1c(=O)oc1cc3c(cc12)CCCN3C.[O-][Cl+3]([O-])([O-])[O-]. The number of esters is 1. The largest absolute Gasteiger partial charge is 0.462 e. The van der Waals surface area contributed by atoms with E-state index in [2.05, 4.69) is 36.4 Å². The number of hydrogen-bond donors (Lipinski definition) is 0. The zero-order chi connectivity index (χ0) is 32.5. The quantitative estimate of drug-likeness (QED) is 0.0889. The molecule has 0 N–H and O–H groups in total. The number of halogens is 1. The fourth-order valence-electron chi connectivity index (χ4n) is 5.96. The van der Waals surface area contributed by atoms with E-state index in [1.54, 1.807) is 19.1 Å². The Bertz CT molecular complexity index is 1980. The normalized spacial score (nSPS) is 13.0. The number of rotatable bonds is 5. The lowest BCUT2D eigenvalue weighted by molar-refractivity contribution is -2.00. The van der Waals surface area contributed by atoms with Gasteiger partial charge in [-0.2, -0.15) is 0 Å². The van der Waals surface area contributed by atoms with E-state index in [0.29, 0.717) is 39.0 Å². The van der Waals surface area contributed by atoms with Crippen LogP contribution >= 0.6 is 0 Å². The molecule has 45 heavy (non-hydrogen) atoms. The van der Waals surface area contributed by atoms with Crippen molar-refractivity contribution >= 4 is 33.6 Å². The summed E-state index contributed by atoms with van der Waals surface area (Å²) in [5.41, 5.74) is 5.02. The Labute approximate surface area is 260 Å². The number of carbonyl (C=O) groups is 1. The fourth-order valence-corrected chi connectivity index (χ4v) is 5.96. The van der Waals surface area contributed by atoms with Crippen LogP contribution in [-0.4, -0.2) is 39.3 Å². The number of fused-ring (bicyclic) bond motifs is 5. The van der Waals surface area contributed by atoms with Gasteiger partial charge in [0.25, 0.3) is 0 Å². The van der Waals surface area contributed by atoms with Crippen molar-refractivity contribution < 1.29 is 47.2 Å². The summed E-state index contributed by atoms with van der Waals surface area (Å²) in [7, 11) is -2.89. The summed E-state index contributed by atoms with van der Waals surface area (Å²) in [6.07, 6.45) is 1.99. The summed E-state index contributed by atoms with van der Waals surface area (Å²) in [5, 5.41) is 2.08. The van der Waals surface area contributed by atoms with Gasteiger partial charge in [0.1, 0.15) is 29.8 Å². The second kappa shape index (κ2) is 13.0. The van der Waals surface area contributed by atoms with E-state index in [1.165, 1.54) is 5.56 Å². The van der Waals surface area contributed by atoms with Crippen LogP contribution in [0.3, 0.4) is 0 Å². The number of benzene rings is 3. The summed E-state index contributed by atoms with van der Waals surface area (Å²) >= 11 is 0. The highest BCUT2D eigenvalue weighted by molar-refractivity contribution is 6.13. The first-order valence-electron chi connectivity index (χ1n) is 14.6. The maximum atomic E-state index is 13.8. The van der Waals surface area contributed by atoms with Crippen molar-refractivity contribution in [3.63, 3.8) is 0 Å². The van der Waals surface area contributed by atoms with Crippen LogP contribution in [0.4, 0.5) is 5.69 Å². The summed E-state index contributed by atoms with van der Waals surface area (Å²) < 4.78 is 54.2. The topological polar surface area (TPSA) is 168 Å². The molecule has 1 aromatic heterocycles. The molecule has 3 heterocycles. The third kappa shape index (κ3) is 6.58. The molecule has 236 valence electrons. The van der Waals surface area contributed by atoms with Gasteiger partial charge in [-0.15, -0.1) is 10.2 Å². The Morgan fingerprint density at radius 1 is 0.978 bits per heavy atom. The average molecular weight is 637 g/mol. The van der Waals surface area contributed by atoms with Crippen LogP contribution in [0.1, 0.15) is 43.1 Å². The molecule has 11 nitrogen and oxygen atoms in total. The minimum absolute atomic E-state index is 0.248. The zero-order valence-electron chi connectivity index (χ0n) is 25.4. The summed E-state index contributed by atoms with van der Waals surface area (Å²) in [6, 6.07) is 17.3. The lowest BCUT2D eigenvalue weighted by Crippen LogP contribution is -2.68. The first-order valence-corrected chi connectivity index (χ1v) is 15.9. The summed E-state index contributed by atoms with van der Waals surface area (Å²) in [6.45, 7) is 8.91. The predicted molar refractivity (Wildman–Crippen MR) is 158 cm³/mol. The van der Waals surface area contributed by atoms with Crippen molar-refractivity contribution in [3.8, 4) is 22.5 Å². The molecule has 0 saturated carbocycles. The number of ether oxygens (including phenoxy) is 1. The van der Waals surface area contributed by atoms with Crippen molar-refractivity contribution in [3.05, 3.63) is 81.5 Å². The van der Waals surface area contributed by atoms with Gasteiger partial charge in [0.2, 0.25) is 5.36 Å². The van der Waals surface area contributed by atoms with E-state index in [4.69, 9.17) is 32.2 Å². The summed E-state index contributed by atoms with van der Waals surface area (Å²) in [5.74, 6) is 0.189. The van der Waals surface area contributed by atoms with Crippen molar-refractivity contribution in [2.75, 3.05) is 38.2 Å². The molecule has 0 radical (unpaired) electrons. The van der Waals surface area contributed by atoms with Crippen molar-refractivity contribution in [1.29, 1.82) is 0 Å². The second-order valence-corrected chi connectivity index (χ2v) is 11.3. The average Bonchev–Trinajstić information content (AvgIpc) is 3.00. The van der Waals surface area contributed by atoms with Gasteiger partial charge in [-0.05, 0) is 62.9 Å². The van der Waals surface area contributed by atoms with Crippen LogP contribution in [0.2, 0.25) is 0 Å². The molecule has 6 rings (SSSR count). The van der Waals surface area contributed by atoms with Crippen molar-refractivity contribution in [1.82, 2.24) is 4.58 Å². The smallest absolute Gasteiger partial charge is 0.348 e. The van der Waals surface area contributed by atoms with E-state index in [9.17, 15) is 9.59 Å². The standard InChI is InChI=1S/C33H33N2O5.ClHO4/c1-5-35(6-2)21-14-15-24-27(18-21)39-31-25-17-20-11-10-16-34(4)26(20)19-28(25)40-33(37)30(31)29(24)22-12-8-9-13-23(22)32(36)38-7-3;2-1(3,4)5/h8-9,12-15,17-19H,5-7,10-11,16H2,1-4H3;(H,2,3,4,5)/q+1;/p-1. The molecule has 3 aliphatic rings. The molecule has 0 bridgehead atoms. The molecular weight excluding hydrogens is 604 g/mol. The molecule has 0 atom stereocenters. The van der Waals surface area contributed by atoms with E-state index in [0.717, 1.165) is 54.5 Å². The van der Waals surface area contributed by atoms with Crippen LogP contribution in [0.5, 0.6) is 0 Å². The maximum Gasteiger partial charge on any atom is 0.348 e. The lowest BCUT2D eigenvalue weighted by atomic mass is 9.90. The van der Waals surface area contributed by atoms with E-state index < -0.39 is 21.8 Å². The zero-order valence-corrected chi connectivity index (χ0v) is 26.1. The second-order valence-electron chi connectivity index (χ2n) is 10.6. The highest BCUT2D eigenvalue weighted by Gasteiger charge is 2.27. The van der Waals surface area contributed by atoms with Crippen molar-refractivity contribution in [2.45, 2.75) is 33.6 Å². The Morgan fingerprint density at radius 3 is 2.38 bits per heavy atom. The number of nitrogens with zero attached hydrogens (tertiary/aromatic N) is 2. The predicted octanol–water partition coefficient (Wildman–Crippen LogP) is 0.926. The third-order valence-corrected chi connectivity index (χ3v) is 7.93. The lowest BCUT2D eigenvalue weighted by Gasteiger charge is -2.27. The van der Waals surface area contributed by atoms with Crippen LogP contribution in [-0.2, 0) is 11.2 Å². The van der Waals surface area contributed by atoms with E-state index >= 15 is 0 Å². The van der Waals surface area contributed by atoms with Crippen LogP contribution in [0.15, 0.2) is 68.2 Å². The monoisotopic (exact) mass is 636 g/mol. The van der Waals surface area contributed by atoms with Gasteiger partial charge < -0.3 is 18.5 Å². The van der Waals surface area contributed by atoms with Gasteiger partial charge in [0.05, 0.1) is 23.6 Å². The Balaban J connectivity index is 0.000000743. The molecule has 0 unspecified atom stereocenters. The molecule has 2 aliphatic heterocycles. The number of carbonyl (C=O) groups excluding carboxylic acids is 1. The third-order valence-electron chi connectivity index (χ3n) is 7.93. The molecule has 0 spiro atoms. The minimum Gasteiger partial charge on any atom is -0.462 e. The molecule has 1 aliphatic carbocycles. The Kier molecular flexibility index (Phi) is 9.28. The van der Waals surface area contributed by atoms with Crippen molar-refractivity contribution in [2.24, 2.45) is 0 Å². The molecule has 12 heteroatoms. The van der Waals surface area contributed by atoms with Gasteiger partial charge in [-0.25, -0.2) is 32.8 Å². The minimum atomic E-state index is -4.94. The molecule has 0 fully saturated rings. The Hall–Kier alpha value is -4.26. The maximum absolute atomic E-state index is 13.8. The Morgan fingerprint density at radius 2 is 1.69 bits per heavy atom. The molecule has 0 saturated heterocycles. The van der Waals surface area contributed by atoms with Gasteiger partial charge in [-0.3, -0.25) is 0 Å². The first-order chi connectivity index (χ1) is 21.4. The molecule has 2 aromatic carbocycles. The van der Waals surface area contributed by atoms with E-state index in [1.807, 2.05) is 36.4 Å². The molecular formula is C33H33ClN2O9. The number of hydrogen-bond acceptors (Lipinski definition) is 10. The number of aryl methyl sites for hydroxylation is 1.